The van der Waals surface area contributed by atoms with Gasteiger partial charge in [0.05, 0.1) is 11.6 Å². The van der Waals surface area contributed by atoms with Crippen molar-refractivity contribution in [2.24, 2.45) is 0 Å². The summed E-state index contributed by atoms with van der Waals surface area (Å²) < 4.78 is 0. The fourth-order valence-electron chi connectivity index (χ4n) is 0.426. The Morgan fingerprint density at radius 3 is 2.17 bits per heavy atom. The van der Waals surface area contributed by atoms with Crippen LogP contribution in [0.5, 0.6) is 0 Å². The topological polar surface area (TPSA) is 76.8 Å². The maximum atomic E-state index is 8.26. The van der Waals surface area contributed by atoms with Crippen molar-refractivity contribution >= 4 is 6.47 Å². The Morgan fingerprint density at radius 2 is 1.92 bits per heavy atom. The Kier molecular flexibility index (Phi) is 10.8. The average Bonchev–Trinajstić information content (AvgIpc) is 2.08. The van der Waals surface area contributed by atoms with E-state index in [0.29, 0.717) is 5.56 Å². The summed E-state index contributed by atoms with van der Waals surface area (Å²) in [5.74, 6) is 0. The first-order valence-electron chi connectivity index (χ1n) is 2.71. The predicted molar refractivity (Wildman–Crippen MR) is 35.0 cm³/mol. The van der Waals surface area contributed by atoms with Crippen molar-refractivity contribution < 1.29 is 28.8 Å². The van der Waals surface area contributed by atoms with Crippen LogP contribution in [-0.2, 0) is 4.79 Å². The summed E-state index contributed by atoms with van der Waals surface area (Å²) in [6.07, 6.45) is 3.19. The van der Waals surface area contributed by atoms with Crippen LogP contribution in [0.25, 0.3) is 0 Å². The van der Waals surface area contributed by atoms with Crippen molar-refractivity contribution in [2.75, 3.05) is 0 Å². The molecule has 1 heterocycles. The van der Waals surface area contributed by atoms with E-state index in [1.807, 2.05) is 6.07 Å². The molecule has 0 saturated carbocycles. The fourth-order valence-corrected chi connectivity index (χ4v) is 0.426. The minimum atomic E-state index is -0.500. The van der Waals surface area contributed by atoms with Gasteiger partial charge < -0.3 is 9.90 Å². The number of rotatable bonds is 0. The van der Waals surface area contributed by atoms with Crippen LogP contribution in [-0.4, -0.2) is 11.5 Å². The smallest absolute Gasteiger partial charge is 0.554 e. The first-order chi connectivity index (χ1) is 5.35. The molecule has 0 bridgehead atoms. The molecule has 0 aliphatic rings. The zero-order valence-electron chi connectivity index (χ0n) is 6.60. The minimum absolute atomic E-state index is 0. The van der Waals surface area contributed by atoms with E-state index < -0.39 is 6.47 Å². The molecule has 1 rings (SSSR count). The molecule has 0 aliphatic heterocycles. The summed E-state index contributed by atoms with van der Waals surface area (Å²) >= 11 is 0. The standard InChI is InChI=1S/C6H4N2.CH2O2.Li/c7-5-6-1-3-8-4-2-6;2-1-3;/h1-4H;1H,(H,2,3);/q;;+1/p-1. The Balaban J connectivity index is 0. The van der Waals surface area contributed by atoms with Crippen molar-refractivity contribution in [3.8, 4) is 6.07 Å². The van der Waals surface area contributed by atoms with Crippen LogP contribution in [0.4, 0.5) is 0 Å². The van der Waals surface area contributed by atoms with Crippen molar-refractivity contribution in [1.82, 2.24) is 4.98 Å². The van der Waals surface area contributed by atoms with Gasteiger partial charge in [-0.25, -0.2) is 0 Å². The minimum Gasteiger partial charge on any atom is -0.554 e. The second-order valence-electron chi connectivity index (χ2n) is 1.44. The molecule has 0 fully saturated rings. The predicted octanol–water partition coefficient (Wildman–Crippen LogP) is -3.68. The number of aromatic nitrogens is 1. The van der Waals surface area contributed by atoms with Crippen LogP contribution in [0.2, 0.25) is 0 Å². The number of pyridine rings is 1. The van der Waals surface area contributed by atoms with Crippen LogP contribution in [0.1, 0.15) is 5.56 Å². The normalized spacial score (nSPS) is 6.25. The molecule has 56 valence electrons. The van der Waals surface area contributed by atoms with Gasteiger partial charge in [0.1, 0.15) is 0 Å². The average molecular weight is 156 g/mol. The summed E-state index contributed by atoms with van der Waals surface area (Å²) in [5, 5.41) is 16.5. The maximum Gasteiger partial charge on any atom is 1.00 e. The van der Waals surface area contributed by atoms with E-state index in [0.717, 1.165) is 0 Å². The van der Waals surface area contributed by atoms with E-state index >= 15 is 0 Å². The molecule has 0 unspecified atom stereocenters. The van der Waals surface area contributed by atoms with Gasteiger partial charge in [-0.1, -0.05) is 0 Å². The second-order valence-corrected chi connectivity index (χ2v) is 1.44. The fraction of sp³-hybridized carbons (Fsp3) is 0. The SMILES string of the molecule is N#Cc1ccncc1.O=C[O-].[Li+]. The first-order valence-corrected chi connectivity index (χ1v) is 2.71. The number of carbonyl (C=O) groups is 1. The van der Waals surface area contributed by atoms with E-state index in [4.69, 9.17) is 15.2 Å². The van der Waals surface area contributed by atoms with Crippen molar-refractivity contribution in [1.29, 1.82) is 5.26 Å². The number of carbonyl (C=O) groups excluding carboxylic acids is 1. The maximum absolute atomic E-state index is 8.26. The molecule has 0 aromatic carbocycles. The van der Waals surface area contributed by atoms with Crippen molar-refractivity contribution in [3.05, 3.63) is 30.1 Å². The molecule has 5 heteroatoms. The van der Waals surface area contributed by atoms with E-state index in [1.54, 1.807) is 24.5 Å². The molecule has 0 atom stereocenters. The van der Waals surface area contributed by atoms with E-state index in [-0.39, 0.29) is 18.9 Å². The molecule has 0 spiro atoms. The van der Waals surface area contributed by atoms with Crippen molar-refractivity contribution in [2.45, 2.75) is 0 Å². The van der Waals surface area contributed by atoms with Crippen LogP contribution >= 0.6 is 0 Å². The molecule has 0 N–H and O–H groups in total. The Hall–Kier alpha value is -1.29. The van der Waals surface area contributed by atoms with Crippen molar-refractivity contribution in [3.63, 3.8) is 0 Å². The molecule has 4 nitrogen and oxygen atoms in total. The zero-order valence-corrected chi connectivity index (χ0v) is 6.60. The number of hydrogen-bond donors (Lipinski definition) is 0. The number of nitrogens with zero attached hydrogens (tertiary/aromatic N) is 2. The van der Waals surface area contributed by atoms with E-state index in [2.05, 4.69) is 4.98 Å². The van der Waals surface area contributed by atoms with Crippen LogP contribution in [0.3, 0.4) is 0 Å². The summed E-state index contributed by atoms with van der Waals surface area (Å²) in [6, 6.07) is 5.32. The van der Waals surface area contributed by atoms with Crippen LogP contribution in [0.15, 0.2) is 24.5 Å². The second kappa shape index (κ2) is 9.71. The molecular weight excluding hydrogens is 151 g/mol. The van der Waals surface area contributed by atoms with Gasteiger partial charge in [0.2, 0.25) is 0 Å². The Bertz CT molecular complexity index is 245. The third kappa shape index (κ3) is 6.82. The Labute approximate surface area is 82.0 Å². The summed E-state index contributed by atoms with van der Waals surface area (Å²) in [5.41, 5.74) is 0.653. The van der Waals surface area contributed by atoms with E-state index in [1.165, 1.54) is 0 Å². The summed E-state index contributed by atoms with van der Waals surface area (Å²) in [4.78, 5) is 12.0. The zero-order chi connectivity index (χ0) is 8.53. The van der Waals surface area contributed by atoms with Gasteiger partial charge >= 0.3 is 18.9 Å². The number of carboxylic acid groups (broad SMARTS) is 1. The van der Waals surface area contributed by atoms with Crippen LogP contribution in [0, 0.1) is 11.3 Å². The Morgan fingerprint density at radius 1 is 1.50 bits per heavy atom. The summed E-state index contributed by atoms with van der Waals surface area (Å²) in [6.45, 7) is -0.500. The molecule has 0 amide bonds. The van der Waals surface area contributed by atoms with Gasteiger partial charge in [0, 0.05) is 18.9 Å². The van der Waals surface area contributed by atoms with Gasteiger partial charge in [-0.05, 0) is 12.1 Å². The molecule has 0 aliphatic carbocycles. The van der Waals surface area contributed by atoms with Gasteiger partial charge in [-0.2, -0.15) is 5.26 Å². The molecule has 12 heavy (non-hydrogen) atoms. The quantitative estimate of drug-likeness (QED) is 0.286. The molecule has 0 saturated heterocycles. The number of hydrogen-bond acceptors (Lipinski definition) is 4. The van der Waals surface area contributed by atoms with Crippen LogP contribution < -0.4 is 24.0 Å². The first kappa shape index (κ1) is 13.3. The third-order valence-electron chi connectivity index (χ3n) is 0.809. The molecule has 0 radical (unpaired) electrons. The molecule has 1 aromatic heterocycles. The third-order valence-corrected chi connectivity index (χ3v) is 0.809. The van der Waals surface area contributed by atoms with Gasteiger partial charge in [-0.15, -0.1) is 0 Å². The number of nitriles is 1. The van der Waals surface area contributed by atoms with E-state index in [9.17, 15) is 0 Å². The molecular formula is C7H5LiN2O2. The largest absolute Gasteiger partial charge is 1.00 e. The van der Waals surface area contributed by atoms with Gasteiger partial charge in [-0.3, -0.25) is 4.98 Å². The van der Waals surface area contributed by atoms with Gasteiger partial charge in [0.15, 0.2) is 0 Å². The van der Waals surface area contributed by atoms with Gasteiger partial charge in [0.25, 0.3) is 0 Å². The summed E-state index contributed by atoms with van der Waals surface area (Å²) in [7, 11) is 0. The molecule has 1 aromatic rings. The monoisotopic (exact) mass is 156 g/mol.